The molecule has 1 saturated carbocycles. The van der Waals surface area contributed by atoms with Gasteiger partial charge in [0.1, 0.15) is 0 Å². The van der Waals surface area contributed by atoms with Gasteiger partial charge in [0, 0.05) is 21.8 Å². The van der Waals surface area contributed by atoms with E-state index in [2.05, 4.69) is 26.6 Å². The highest BCUT2D eigenvalue weighted by Gasteiger charge is 2.23. The summed E-state index contributed by atoms with van der Waals surface area (Å²) in [5, 5.41) is 5.81. The number of hydrogen-bond acceptors (Lipinski definition) is 2. The Kier molecular flexibility index (Phi) is 4.76. The fourth-order valence-corrected chi connectivity index (χ4v) is 2.63. The zero-order valence-corrected chi connectivity index (χ0v) is 14.1. The van der Waals surface area contributed by atoms with Gasteiger partial charge in [-0.2, -0.15) is 0 Å². The van der Waals surface area contributed by atoms with E-state index in [1.165, 1.54) is 0 Å². The third kappa shape index (κ3) is 4.66. The van der Waals surface area contributed by atoms with Crippen LogP contribution in [0.4, 0.5) is 5.69 Å². The molecule has 4 nitrogen and oxygen atoms in total. The SMILES string of the molecule is O=C(Cc1ccc(NC(=O)c2cccc(Br)c2)cc1)NC1CC1. The molecule has 3 rings (SSSR count). The Morgan fingerprint density at radius 1 is 1.09 bits per heavy atom. The van der Waals surface area contributed by atoms with E-state index in [-0.39, 0.29) is 11.8 Å². The molecule has 1 aliphatic carbocycles. The largest absolute Gasteiger partial charge is 0.353 e. The Morgan fingerprint density at radius 3 is 2.48 bits per heavy atom. The minimum atomic E-state index is -0.162. The molecule has 0 aliphatic heterocycles. The number of halogens is 1. The molecule has 0 aromatic heterocycles. The first kappa shape index (κ1) is 15.7. The molecule has 0 heterocycles. The number of amides is 2. The van der Waals surface area contributed by atoms with Crippen molar-refractivity contribution in [2.24, 2.45) is 0 Å². The third-order valence-corrected chi connectivity index (χ3v) is 4.10. The maximum absolute atomic E-state index is 12.2. The zero-order chi connectivity index (χ0) is 16.2. The lowest BCUT2D eigenvalue weighted by Crippen LogP contribution is -2.26. The summed E-state index contributed by atoms with van der Waals surface area (Å²) in [7, 11) is 0. The fourth-order valence-electron chi connectivity index (χ4n) is 2.23. The number of hydrogen-bond donors (Lipinski definition) is 2. The Balaban J connectivity index is 1.58. The summed E-state index contributed by atoms with van der Waals surface area (Å²) in [6.45, 7) is 0. The van der Waals surface area contributed by atoms with Crippen molar-refractivity contribution in [3.8, 4) is 0 Å². The van der Waals surface area contributed by atoms with Crippen molar-refractivity contribution in [1.29, 1.82) is 0 Å². The van der Waals surface area contributed by atoms with E-state index in [4.69, 9.17) is 0 Å². The van der Waals surface area contributed by atoms with E-state index >= 15 is 0 Å². The first-order valence-electron chi connectivity index (χ1n) is 7.55. The van der Waals surface area contributed by atoms with Crippen LogP contribution in [0.25, 0.3) is 0 Å². The summed E-state index contributed by atoms with van der Waals surface area (Å²) in [6, 6.07) is 15.0. The van der Waals surface area contributed by atoms with Crippen molar-refractivity contribution in [1.82, 2.24) is 5.32 Å². The molecular weight excluding hydrogens is 356 g/mol. The Labute approximate surface area is 143 Å². The summed E-state index contributed by atoms with van der Waals surface area (Å²) >= 11 is 3.35. The van der Waals surface area contributed by atoms with Crippen LogP contribution in [-0.4, -0.2) is 17.9 Å². The third-order valence-electron chi connectivity index (χ3n) is 3.61. The molecular formula is C18H17BrN2O2. The van der Waals surface area contributed by atoms with Crippen molar-refractivity contribution in [2.45, 2.75) is 25.3 Å². The molecule has 1 fully saturated rings. The van der Waals surface area contributed by atoms with Gasteiger partial charge in [0.15, 0.2) is 0 Å². The number of carbonyl (C=O) groups is 2. The predicted molar refractivity (Wildman–Crippen MR) is 93.4 cm³/mol. The van der Waals surface area contributed by atoms with Crippen molar-refractivity contribution in [3.63, 3.8) is 0 Å². The predicted octanol–water partition coefficient (Wildman–Crippen LogP) is 3.52. The number of carbonyl (C=O) groups excluding carboxylic acids is 2. The molecule has 23 heavy (non-hydrogen) atoms. The van der Waals surface area contributed by atoms with Gasteiger partial charge in [0.05, 0.1) is 6.42 Å². The monoisotopic (exact) mass is 372 g/mol. The van der Waals surface area contributed by atoms with E-state index in [0.717, 1.165) is 22.9 Å². The van der Waals surface area contributed by atoms with Crippen LogP contribution >= 0.6 is 15.9 Å². The molecule has 2 aromatic rings. The molecule has 1 aliphatic rings. The van der Waals surface area contributed by atoms with Gasteiger partial charge in [-0.15, -0.1) is 0 Å². The maximum atomic E-state index is 12.2. The lowest BCUT2D eigenvalue weighted by Gasteiger charge is -2.07. The molecule has 0 unspecified atom stereocenters. The lowest BCUT2D eigenvalue weighted by molar-refractivity contribution is -0.120. The van der Waals surface area contributed by atoms with Gasteiger partial charge >= 0.3 is 0 Å². The summed E-state index contributed by atoms with van der Waals surface area (Å²) in [6.07, 6.45) is 2.55. The van der Waals surface area contributed by atoms with Crippen LogP contribution in [0.3, 0.4) is 0 Å². The normalized spacial score (nSPS) is 13.4. The van der Waals surface area contributed by atoms with E-state index < -0.39 is 0 Å². The molecule has 0 bridgehead atoms. The van der Waals surface area contributed by atoms with Crippen LogP contribution in [0, 0.1) is 0 Å². The molecule has 5 heteroatoms. The standard InChI is InChI=1S/C18H17BrN2O2/c19-14-3-1-2-13(11-14)18(23)21-16-6-4-12(5-7-16)10-17(22)20-15-8-9-15/h1-7,11,15H,8-10H2,(H,20,22)(H,21,23). The summed E-state index contributed by atoms with van der Waals surface area (Å²) in [5.74, 6) is -0.107. The summed E-state index contributed by atoms with van der Waals surface area (Å²) in [4.78, 5) is 23.9. The van der Waals surface area contributed by atoms with Crippen molar-refractivity contribution >= 4 is 33.4 Å². The number of nitrogens with one attached hydrogen (secondary N) is 2. The van der Waals surface area contributed by atoms with Gasteiger partial charge < -0.3 is 10.6 Å². The molecule has 0 radical (unpaired) electrons. The zero-order valence-electron chi connectivity index (χ0n) is 12.5. The molecule has 118 valence electrons. The van der Waals surface area contributed by atoms with Gasteiger partial charge in [-0.1, -0.05) is 34.1 Å². The quantitative estimate of drug-likeness (QED) is 0.843. The smallest absolute Gasteiger partial charge is 0.255 e. The fraction of sp³-hybridized carbons (Fsp3) is 0.222. The lowest BCUT2D eigenvalue weighted by atomic mass is 10.1. The van der Waals surface area contributed by atoms with E-state index in [9.17, 15) is 9.59 Å². The number of anilines is 1. The first-order chi connectivity index (χ1) is 11.1. The molecule has 0 spiro atoms. The second-order valence-electron chi connectivity index (χ2n) is 5.68. The van der Waals surface area contributed by atoms with Gasteiger partial charge in [-0.25, -0.2) is 0 Å². The Bertz CT molecular complexity index is 724. The van der Waals surface area contributed by atoms with Crippen LogP contribution in [-0.2, 0) is 11.2 Å². The second-order valence-corrected chi connectivity index (χ2v) is 6.60. The summed E-state index contributed by atoms with van der Waals surface area (Å²) in [5.41, 5.74) is 2.23. The Morgan fingerprint density at radius 2 is 1.83 bits per heavy atom. The van der Waals surface area contributed by atoms with Crippen LogP contribution < -0.4 is 10.6 Å². The van der Waals surface area contributed by atoms with Crippen LogP contribution in [0.1, 0.15) is 28.8 Å². The van der Waals surface area contributed by atoms with Crippen molar-refractivity contribution in [3.05, 3.63) is 64.1 Å². The summed E-state index contributed by atoms with van der Waals surface area (Å²) < 4.78 is 0.863. The topological polar surface area (TPSA) is 58.2 Å². The minimum absolute atomic E-state index is 0.0541. The minimum Gasteiger partial charge on any atom is -0.353 e. The van der Waals surface area contributed by atoms with Crippen LogP contribution in [0.5, 0.6) is 0 Å². The second kappa shape index (κ2) is 6.96. The number of rotatable bonds is 5. The maximum Gasteiger partial charge on any atom is 0.255 e. The molecule has 2 amide bonds. The van der Waals surface area contributed by atoms with Gasteiger partial charge in [-0.05, 0) is 48.7 Å². The highest BCUT2D eigenvalue weighted by Crippen LogP contribution is 2.19. The van der Waals surface area contributed by atoms with Gasteiger partial charge in [0.2, 0.25) is 5.91 Å². The van der Waals surface area contributed by atoms with E-state index in [1.807, 2.05) is 36.4 Å². The van der Waals surface area contributed by atoms with Crippen LogP contribution in [0.2, 0.25) is 0 Å². The number of benzene rings is 2. The Hall–Kier alpha value is -2.14. The van der Waals surface area contributed by atoms with Crippen molar-refractivity contribution < 1.29 is 9.59 Å². The average Bonchev–Trinajstić information content (AvgIpc) is 3.33. The van der Waals surface area contributed by atoms with Crippen molar-refractivity contribution in [2.75, 3.05) is 5.32 Å². The van der Waals surface area contributed by atoms with E-state index in [1.54, 1.807) is 12.1 Å². The van der Waals surface area contributed by atoms with Gasteiger partial charge in [-0.3, -0.25) is 9.59 Å². The highest BCUT2D eigenvalue weighted by molar-refractivity contribution is 9.10. The first-order valence-corrected chi connectivity index (χ1v) is 8.35. The average molecular weight is 373 g/mol. The van der Waals surface area contributed by atoms with E-state index in [0.29, 0.717) is 23.7 Å². The van der Waals surface area contributed by atoms with Crippen LogP contribution in [0.15, 0.2) is 53.0 Å². The molecule has 0 saturated heterocycles. The molecule has 0 atom stereocenters. The molecule has 2 N–H and O–H groups in total. The molecule has 2 aromatic carbocycles. The highest BCUT2D eigenvalue weighted by atomic mass is 79.9. The van der Waals surface area contributed by atoms with Gasteiger partial charge in [0.25, 0.3) is 5.91 Å².